The van der Waals surface area contributed by atoms with Gasteiger partial charge < -0.3 is 4.98 Å². The molecule has 1 aliphatic rings. The molecule has 1 aliphatic heterocycles. The molecule has 0 bridgehead atoms. The molecule has 0 saturated carbocycles. The second kappa shape index (κ2) is 5.81. The highest BCUT2D eigenvalue weighted by molar-refractivity contribution is 7.87. The summed E-state index contributed by atoms with van der Waals surface area (Å²) in [6.45, 7) is 3.81. The van der Waals surface area contributed by atoms with Gasteiger partial charge in [0.2, 0.25) is 0 Å². The fourth-order valence-corrected chi connectivity index (χ4v) is 3.29. The fraction of sp³-hybridized carbons (Fsp3) is 0.727. The molecule has 102 valence electrons. The molecule has 1 aromatic heterocycles. The maximum Gasteiger partial charge on any atom is 0.279 e. The smallest absolute Gasteiger partial charge is 0.279 e. The van der Waals surface area contributed by atoms with Gasteiger partial charge in [0.1, 0.15) is 0 Å². The minimum absolute atomic E-state index is 0.399. The highest BCUT2D eigenvalue weighted by atomic mass is 32.2. The first-order valence-corrected chi connectivity index (χ1v) is 7.74. The number of nitrogens with zero attached hydrogens (tertiary/aromatic N) is 2. The lowest BCUT2D eigenvalue weighted by atomic mass is 10.0. The Morgan fingerprint density at radius 3 is 2.83 bits per heavy atom. The molecule has 0 atom stereocenters. The summed E-state index contributed by atoms with van der Waals surface area (Å²) in [5, 5.41) is 0. The number of aromatic nitrogens is 2. The summed E-state index contributed by atoms with van der Waals surface area (Å²) in [5.74, 6) is 0.626. The largest absolute Gasteiger partial charge is 0.348 e. The predicted molar refractivity (Wildman–Crippen MR) is 69.2 cm³/mol. The minimum Gasteiger partial charge on any atom is -0.348 e. The summed E-state index contributed by atoms with van der Waals surface area (Å²) in [6.07, 6.45) is 5.82. The van der Waals surface area contributed by atoms with Gasteiger partial charge in [0.15, 0.2) is 0 Å². The number of piperidine rings is 1. The van der Waals surface area contributed by atoms with Crippen molar-refractivity contribution >= 4 is 10.2 Å². The third kappa shape index (κ3) is 3.54. The lowest BCUT2D eigenvalue weighted by molar-refractivity contribution is 0.285. The van der Waals surface area contributed by atoms with E-state index in [-0.39, 0.29) is 0 Å². The van der Waals surface area contributed by atoms with Crippen LogP contribution in [0.1, 0.15) is 25.5 Å². The van der Waals surface area contributed by atoms with E-state index in [9.17, 15) is 8.42 Å². The van der Waals surface area contributed by atoms with Crippen molar-refractivity contribution in [3.05, 3.63) is 18.2 Å². The Bertz CT molecular complexity index is 449. The number of rotatable bonds is 5. The van der Waals surface area contributed by atoms with Crippen LogP contribution in [0, 0.1) is 5.92 Å². The van der Waals surface area contributed by atoms with Crippen molar-refractivity contribution in [2.24, 2.45) is 5.92 Å². The molecule has 1 saturated heterocycles. The van der Waals surface area contributed by atoms with E-state index in [0.29, 0.717) is 32.0 Å². The normalized spacial score (nSPS) is 19.2. The molecule has 0 aromatic carbocycles. The summed E-state index contributed by atoms with van der Waals surface area (Å²) >= 11 is 0. The van der Waals surface area contributed by atoms with Gasteiger partial charge in [0.25, 0.3) is 10.2 Å². The quantitative estimate of drug-likeness (QED) is 0.820. The van der Waals surface area contributed by atoms with Crippen molar-refractivity contribution in [2.45, 2.75) is 26.2 Å². The molecule has 0 radical (unpaired) electrons. The van der Waals surface area contributed by atoms with Crippen LogP contribution in [0.4, 0.5) is 0 Å². The lowest BCUT2D eigenvalue weighted by Crippen LogP contribution is -2.45. The van der Waals surface area contributed by atoms with Crippen LogP contribution in [0.3, 0.4) is 0 Å². The standard InChI is InChI=1S/C11H20N4O2S/c1-10-3-6-15(7-4-10)18(16,17)14-5-2-11-8-12-9-13-11/h8-10,14H,2-7H2,1H3,(H,12,13). The van der Waals surface area contributed by atoms with Gasteiger partial charge in [-0.3, -0.25) is 0 Å². The Kier molecular flexibility index (Phi) is 4.36. The zero-order valence-electron chi connectivity index (χ0n) is 10.6. The average Bonchev–Trinajstić information content (AvgIpc) is 2.82. The Morgan fingerprint density at radius 1 is 1.50 bits per heavy atom. The van der Waals surface area contributed by atoms with Gasteiger partial charge in [0.05, 0.1) is 6.33 Å². The van der Waals surface area contributed by atoms with Gasteiger partial charge in [-0.15, -0.1) is 0 Å². The topological polar surface area (TPSA) is 78.1 Å². The van der Waals surface area contributed by atoms with Crippen LogP contribution in [0.2, 0.25) is 0 Å². The molecule has 18 heavy (non-hydrogen) atoms. The highest BCUT2D eigenvalue weighted by Gasteiger charge is 2.25. The zero-order valence-corrected chi connectivity index (χ0v) is 11.4. The Morgan fingerprint density at radius 2 is 2.22 bits per heavy atom. The van der Waals surface area contributed by atoms with Gasteiger partial charge >= 0.3 is 0 Å². The van der Waals surface area contributed by atoms with Crippen molar-refractivity contribution in [1.82, 2.24) is 19.0 Å². The number of aromatic amines is 1. The van der Waals surface area contributed by atoms with Gasteiger partial charge in [-0.1, -0.05) is 6.92 Å². The summed E-state index contributed by atoms with van der Waals surface area (Å²) < 4.78 is 28.2. The molecular weight excluding hydrogens is 252 g/mol. The monoisotopic (exact) mass is 272 g/mol. The number of hydrogen-bond donors (Lipinski definition) is 2. The van der Waals surface area contributed by atoms with Gasteiger partial charge in [-0.25, -0.2) is 9.71 Å². The first-order chi connectivity index (χ1) is 8.58. The maximum absolute atomic E-state index is 12.0. The van der Waals surface area contributed by atoms with Crippen molar-refractivity contribution in [3.63, 3.8) is 0 Å². The van der Waals surface area contributed by atoms with E-state index < -0.39 is 10.2 Å². The Labute approximate surface area is 108 Å². The van der Waals surface area contributed by atoms with Gasteiger partial charge in [-0.2, -0.15) is 12.7 Å². The van der Waals surface area contributed by atoms with Crippen LogP contribution in [0.5, 0.6) is 0 Å². The highest BCUT2D eigenvalue weighted by Crippen LogP contribution is 2.17. The molecule has 6 nitrogen and oxygen atoms in total. The van der Waals surface area contributed by atoms with Gasteiger partial charge in [0, 0.05) is 37.9 Å². The first kappa shape index (κ1) is 13.5. The molecule has 2 heterocycles. The van der Waals surface area contributed by atoms with E-state index >= 15 is 0 Å². The molecule has 0 unspecified atom stereocenters. The molecule has 0 spiro atoms. The van der Waals surface area contributed by atoms with E-state index in [4.69, 9.17) is 0 Å². The average molecular weight is 272 g/mol. The molecular formula is C11H20N4O2S. The number of nitrogens with one attached hydrogen (secondary N) is 2. The second-order valence-corrected chi connectivity index (χ2v) is 6.56. The van der Waals surface area contributed by atoms with E-state index in [1.54, 1.807) is 16.8 Å². The number of imidazole rings is 1. The van der Waals surface area contributed by atoms with Crippen LogP contribution in [0.25, 0.3) is 0 Å². The van der Waals surface area contributed by atoms with E-state index in [0.717, 1.165) is 18.5 Å². The Hall–Kier alpha value is -0.920. The molecule has 7 heteroatoms. The number of H-pyrrole nitrogens is 1. The first-order valence-electron chi connectivity index (χ1n) is 6.30. The van der Waals surface area contributed by atoms with Crippen LogP contribution >= 0.6 is 0 Å². The van der Waals surface area contributed by atoms with Crippen molar-refractivity contribution < 1.29 is 8.42 Å². The lowest BCUT2D eigenvalue weighted by Gasteiger charge is -2.29. The van der Waals surface area contributed by atoms with Crippen LogP contribution in [-0.2, 0) is 16.6 Å². The molecule has 2 N–H and O–H groups in total. The van der Waals surface area contributed by atoms with Crippen LogP contribution in [-0.4, -0.2) is 42.3 Å². The van der Waals surface area contributed by atoms with Gasteiger partial charge in [-0.05, 0) is 18.8 Å². The van der Waals surface area contributed by atoms with E-state index in [1.165, 1.54) is 0 Å². The van der Waals surface area contributed by atoms with Crippen LogP contribution < -0.4 is 4.72 Å². The number of hydrogen-bond acceptors (Lipinski definition) is 3. The third-order valence-corrected chi connectivity index (χ3v) is 4.93. The van der Waals surface area contributed by atoms with Crippen LogP contribution in [0.15, 0.2) is 12.5 Å². The third-order valence-electron chi connectivity index (χ3n) is 3.32. The summed E-state index contributed by atoms with van der Waals surface area (Å²) in [7, 11) is -3.31. The molecule has 1 fully saturated rings. The molecule has 2 rings (SSSR count). The summed E-state index contributed by atoms with van der Waals surface area (Å²) in [6, 6.07) is 0. The van der Waals surface area contributed by atoms with Crippen molar-refractivity contribution in [2.75, 3.05) is 19.6 Å². The minimum atomic E-state index is -3.31. The SMILES string of the molecule is CC1CCN(S(=O)(=O)NCCc2cnc[nH]2)CC1. The van der Waals surface area contributed by atoms with E-state index in [2.05, 4.69) is 21.6 Å². The molecule has 0 aliphatic carbocycles. The molecule has 0 amide bonds. The summed E-state index contributed by atoms with van der Waals surface area (Å²) in [4.78, 5) is 6.84. The van der Waals surface area contributed by atoms with Crippen molar-refractivity contribution in [1.29, 1.82) is 0 Å². The fourth-order valence-electron chi connectivity index (χ4n) is 2.05. The Balaban J connectivity index is 1.80. The van der Waals surface area contributed by atoms with Crippen molar-refractivity contribution in [3.8, 4) is 0 Å². The second-order valence-electron chi connectivity index (χ2n) is 4.81. The maximum atomic E-state index is 12.0. The van der Waals surface area contributed by atoms with E-state index in [1.807, 2.05) is 0 Å². The zero-order chi connectivity index (χ0) is 13.0. The predicted octanol–water partition coefficient (Wildman–Crippen LogP) is 0.518. The molecule has 1 aromatic rings. The summed E-state index contributed by atoms with van der Waals surface area (Å²) in [5.41, 5.74) is 0.935.